The van der Waals surface area contributed by atoms with E-state index in [1.54, 1.807) is 11.8 Å². The molecule has 1 aliphatic heterocycles. The Bertz CT molecular complexity index is 399. The number of aliphatic imine (C=N–C) groups is 1. The van der Waals surface area contributed by atoms with Crippen LogP contribution in [0.2, 0.25) is 0 Å². The fourth-order valence-corrected chi connectivity index (χ4v) is 2.64. The van der Waals surface area contributed by atoms with Gasteiger partial charge in [-0.1, -0.05) is 18.7 Å². The molecule has 16 heavy (non-hydrogen) atoms. The summed E-state index contributed by atoms with van der Waals surface area (Å²) < 4.78 is 0. The summed E-state index contributed by atoms with van der Waals surface area (Å²) in [6.07, 6.45) is 2.93. The van der Waals surface area contributed by atoms with Crippen LogP contribution in [0.4, 0.5) is 5.69 Å². The third-order valence-electron chi connectivity index (χ3n) is 2.82. The van der Waals surface area contributed by atoms with Crippen molar-refractivity contribution in [2.24, 2.45) is 4.99 Å². The molecule has 0 bridgehead atoms. The van der Waals surface area contributed by atoms with Gasteiger partial charge in [0, 0.05) is 11.4 Å². The predicted octanol–water partition coefficient (Wildman–Crippen LogP) is 3.07. The lowest BCUT2D eigenvalue weighted by atomic mass is 10.0. The van der Waals surface area contributed by atoms with Crippen LogP contribution in [0.3, 0.4) is 0 Å². The van der Waals surface area contributed by atoms with E-state index in [1.807, 2.05) is 25.3 Å². The molecule has 2 rings (SSSR count). The molecule has 0 aromatic carbocycles. The predicted molar refractivity (Wildman–Crippen MR) is 71.2 cm³/mol. The van der Waals surface area contributed by atoms with Crippen molar-refractivity contribution in [1.82, 2.24) is 4.98 Å². The lowest BCUT2D eigenvalue weighted by Gasteiger charge is -2.15. The maximum absolute atomic E-state index is 4.70. The number of anilines is 1. The number of amidine groups is 1. The van der Waals surface area contributed by atoms with Crippen molar-refractivity contribution in [2.45, 2.75) is 32.7 Å². The molecule has 1 aromatic rings. The van der Waals surface area contributed by atoms with Crippen molar-refractivity contribution >= 4 is 22.6 Å². The van der Waals surface area contributed by atoms with Gasteiger partial charge in [-0.15, -0.1) is 0 Å². The molecule has 0 amide bonds. The summed E-state index contributed by atoms with van der Waals surface area (Å²) in [4.78, 5) is 8.95. The maximum Gasteiger partial charge on any atom is 0.161 e. The summed E-state index contributed by atoms with van der Waals surface area (Å²) in [7, 11) is 0. The molecular formula is C12H17N3S. The van der Waals surface area contributed by atoms with Gasteiger partial charge in [-0.2, -0.15) is 0 Å². The van der Waals surface area contributed by atoms with Crippen LogP contribution >= 0.6 is 11.8 Å². The average molecular weight is 235 g/mol. The molecule has 0 radical (unpaired) electrons. The molecule has 86 valence electrons. The zero-order chi connectivity index (χ0) is 11.6. The molecule has 0 aliphatic carbocycles. The second-order valence-electron chi connectivity index (χ2n) is 4.37. The van der Waals surface area contributed by atoms with Crippen molar-refractivity contribution in [3.8, 4) is 0 Å². The van der Waals surface area contributed by atoms with E-state index in [0.29, 0.717) is 0 Å². The topological polar surface area (TPSA) is 37.3 Å². The molecule has 2 heterocycles. The number of rotatable bonds is 2. The van der Waals surface area contributed by atoms with Crippen LogP contribution in [-0.2, 0) is 0 Å². The Morgan fingerprint density at radius 2 is 2.31 bits per heavy atom. The lowest BCUT2D eigenvalue weighted by molar-refractivity contribution is 0.523. The first-order valence-corrected chi connectivity index (χ1v) is 6.52. The van der Waals surface area contributed by atoms with E-state index in [4.69, 9.17) is 4.99 Å². The van der Waals surface area contributed by atoms with Gasteiger partial charge in [0.05, 0.1) is 17.4 Å². The summed E-state index contributed by atoms with van der Waals surface area (Å²) in [5.74, 6) is 1.06. The van der Waals surface area contributed by atoms with Crippen LogP contribution in [-0.4, -0.2) is 21.4 Å². The molecule has 1 unspecified atom stereocenters. The average Bonchev–Trinajstić information content (AvgIpc) is 2.65. The van der Waals surface area contributed by atoms with Gasteiger partial charge >= 0.3 is 0 Å². The number of nitrogens with one attached hydrogen (secondary N) is 1. The number of hydrogen-bond donors (Lipinski definition) is 1. The minimum absolute atomic E-state index is 0.102. The first-order valence-electron chi connectivity index (χ1n) is 5.54. The second-order valence-corrected chi connectivity index (χ2v) is 5.33. The molecule has 1 atom stereocenters. The van der Waals surface area contributed by atoms with Gasteiger partial charge in [0.15, 0.2) is 5.17 Å². The van der Waals surface area contributed by atoms with Crippen LogP contribution in [0.15, 0.2) is 23.3 Å². The summed E-state index contributed by atoms with van der Waals surface area (Å²) in [6.45, 7) is 6.36. The van der Waals surface area contributed by atoms with Crippen molar-refractivity contribution in [3.05, 3.63) is 24.0 Å². The summed E-state index contributed by atoms with van der Waals surface area (Å²) >= 11 is 1.78. The van der Waals surface area contributed by atoms with Crippen molar-refractivity contribution < 1.29 is 0 Å². The minimum Gasteiger partial charge on any atom is -0.334 e. The molecule has 0 saturated carbocycles. The maximum atomic E-state index is 4.70. The fraction of sp³-hybridized carbons (Fsp3) is 0.500. The highest BCUT2D eigenvalue weighted by Crippen LogP contribution is 2.30. The van der Waals surface area contributed by atoms with Crippen LogP contribution < -0.4 is 5.32 Å². The highest BCUT2D eigenvalue weighted by Gasteiger charge is 2.28. The van der Waals surface area contributed by atoms with Crippen molar-refractivity contribution in [2.75, 3.05) is 11.1 Å². The van der Waals surface area contributed by atoms with E-state index in [1.165, 1.54) is 0 Å². The molecule has 1 N–H and O–H groups in total. The largest absolute Gasteiger partial charge is 0.334 e. The van der Waals surface area contributed by atoms with E-state index >= 15 is 0 Å². The van der Waals surface area contributed by atoms with E-state index in [0.717, 1.165) is 28.7 Å². The SMILES string of the molecule is CCC1(C)CSC(Nc2ccc(C)nc2)=N1. The fourth-order valence-electron chi connectivity index (χ4n) is 1.44. The zero-order valence-corrected chi connectivity index (χ0v) is 10.8. The van der Waals surface area contributed by atoms with Crippen LogP contribution in [0.1, 0.15) is 26.0 Å². The number of aromatic nitrogens is 1. The van der Waals surface area contributed by atoms with E-state index in [2.05, 4.69) is 24.1 Å². The van der Waals surface area contributed by atoms with Crippen LogP contribution in [0.5, 0.6) is 0 Å². The van der Waals surface area contributed by atoms with Crippen LogP contribution in [0.25, 0.3) is 0 Å². The first-order chi connectivity index (χ1) is 7.61. The van der Waals surface area contributed by atoms with Gasteiger partial charge in [-0.3, -0.25) is 9.98 Å². The Balaban J connectivity index is 2.06. The number of pyridine rings is 1. The third-order valence-corrected chi connectivity index (χ3v) is 4.05. The van der Waals surface area contributed by atoms with Gasteiger partial charge in [0.25, 0.3) is 0 Å². The normalized spacial score (nSPS) is 24.3. The van der Waals surface area contributed by atoms with Crippen molar-refractivity contribution in [3.63, 3.8) is 0 Å². The van der Waals surface area contributed by atoms with Crippen LogP contribution in [0, 0.1) is 6.92 Å². The van der Waals surface area contributed by atoms with Crippen molar-refractivity contribution in [1.29, 1.82) is 0 Å². The Morgan fingerprint density at radius 3 is 2.88 bits per heavy atom. The zero-order valence-electron chi connectivity index (χ0n) is 9.95. The summed E-state index contributed by atoms with van der Waals surface area (Å²) in [5, 5.41) is 4.32. The van der Waals surface area contributed by atoms with Gasteiger partial charge in [0.1, 0.15) is 0 Å². The highest BCUT2D eigenvalue weighted by atomic mass is 32.2. The molecule has 4 heteroatoms. The van der Waals surface area contributed by atoms with Gasteiger partial charge in [0.2, 0.25) is 0 Å². The lowest BCUT2D eigenvalue weighted by Crippen LogP contribution is -2.20. The number of thioether (sulfide) groups is 1. The molecule has 0 saturated heterocycles. The smallest absolute Gasteiger partial charge is 0.161 e. The third kappa shape index (κ3) is 2.55. The van der Waals surface area contributed by atoms with Gasteiger partial charge in [-0.05, 0) is 32.4 Å². The molecule has 0 spiro atoms. The molecule has 0 fully saturated rings. The standard InChI is InChI=1S/C12H17N3S/c1-4-12(3)8-16-11(15-12)14-10-6-5-9(2)13-7-10/h5-7H,4,8H2,1-3H3,(H,14,15). The Morgan fingerprint density at radius 1 is 1.50 bits per heavy atom. The minimum atomic E-state index is 0.102. The number of nitrogens with zero attached hydrogens (tertiary/aromatic N) is 2. The molecular weight excluding hydrogens is 218 g/mol. The Hall–Kier alpha value is -1.03. The van der Waals surface area contributed by atoms with E-state index in [9.17, 15) is 0 Å². The summed E-state index contributed by atoms with van der Waals surface area (Å²) in [5.41, 5.74) is 2.15. The first kappa shape index (κ1) is 11.5. The molecule has 1 aliphatic rings. The molecule has 1 aromatic heterocycles. The monoisotopic (exact) mass is 235 g/mol. The molecule has 3 nitrogen and oxygen atoms in total. The second kappa shape index (κ2) is 4.45. The number of aryl methyl sites for hydroxylation is 1. The van der Waals surface area contributed by atoms with Gasteiger partial charge in [-0.25, -0.2) is 0 Å². The summed E-state index contributed by atoms with van der Waals surface area (Å²) in [6, 6.07) is 4.04. The Kier molecular flexibility index (Phi) is 3.19. The van der Waals surface area contributed by atoms with E-state index < -0.39 is 0 Å². The van der Waals surface area contributed by atoms with E-state index in [-0.39, 0.29) is 5.54 Å². The number of hydrogen-bond acceptors (Lipinski definition) is 4. The Labute approximate surface area is 101 Å². The highest BCUT2D eigenvalue weighted by molar-refractivity contribution is 8.14. The quantitative estimate of drug-likeness (QED) is 0.856. The van der Waals surface area contributed by atoms with Gasteiger partial charge < -0.3 is 5.32 Å².